The first-order valence-corrected chi connectivity index (χ1v) is 7.54. The molecule has 3 heteroatoms. The number of benzene rings is 2. The van der Waals surface area contributed by atoms with Crippen LogP contribution >= 0.6 is 15.9 Å². The van der Waals surface area contributed by atoms with Gasteiger partial charge in [-0.3, -0.25) is 9.59 Å². The number of rotatable bonds is 5. The van der Waals surface area contributed by atoms with Crippen LogP contribution in [0.4, 0.5) is 0 Å². The van der Waals surface area contributed by atoms with E-state index >= 15 is 0 Å². The molecule has 0 fully saturated rings. The third kappa shape index (κ3) is 3.23. The first-order chi connectivity index (χ1) is 9.63. The minimum Gasteiger partial charge on any atom is -0.298 e. The summed E-state index contributed by atoms with van der Waals surface area (Å²) in [6, 6.07) is 16.4. The number of alkyl halides is 1. The largest absolute Gasteiger partial charge is 0.298 e. The van der Waals surface area contributed by atoms with Crippen LogP contribution in [0.3, 0.4) is 0 Å². The topological polar surface area (TPSA) is 34.1 Å². The van der Waals surface area contributed by atoms with Gasteiger partial charge in [-0.05, 0) is 11.6 Å². The minimum atomic E-state index is -0.210. The van der Waals surface area contributed by atoms with Gasteiger partial charge in [-0.25, -0.2) is 0 Å². The van der Waals surface area contributed by atoms with Crippen LogP contribution in [0, 0.1) is 0 Å². The lowest BCUT2D eigenvalue weighted by molar-refractivity contribution is -0.117. The average molecular weight is 331 g/mol. The summed E-state index contributed by atoms with van der Waals surface area (Å²) in [6.45, 7) is 1.86. The highest BCUT2D eigenvalue weighted by atomic mass is 79.9. The van der Waals surface area contributed by atoms with Gasteiger partial charge < -0.3 is 0 Å². The number of halogens is 1. The van der Waals surface area contributed by atoms with Crippen molar-refractivity contribution in [1.82, 2.24) is 0 Å². The van der Waals surface area contributed by atoms with Crippen LogP contribution in [0.25, 0.3) is 0 Å². The molecule has 0 aromatic heterocycles. The first kappa shape index (κ1) is 14.7. The zero-order chi connectivity index (χ0) is 14.5. The van der Waals surface area contributed by atoms with Crippen molar-refractivity contribution < 1.29 is 9.59 Å². The Hall–Kier alpha value is -1.74. The van der Waals surface area contributed by atoms with Crippen molar-refractivity contribution in [2.45, 2.75) is 12.8 Å². The molecule has 1 unspecified atom stereocenters. The van der Waals surface area contributed by atoms with Crippen LogP contribution in [0.1, 0.15) is 34.3 Å². The van der Waals surface area contributed by atoms with E-state index in [0.29, 0.717) is 16.5 Å². The summed E-state index contributed by atoms with van der Waals surface area (Å²) in [7, 11) is 0. The van der Waals surface area contributed by atoms with Crippen molar-refractivity contribution in [1.29, 1.82) is 0 Å². The molecule has 0 bridgehead atoms. The van der Waals surface area contributed by atoms with E-state index in [0.717, 1.165) is 5.56 Å². The second-order valence-electron chi connectivity index (χ2n) is 4.64. The van der Waals surface area contributed by atoms with Gasteiger partial charge in [0.05, 0.1) is 5.33 Å². The van der Waals surface area contributed by atoms with E-state index in [2.05, 4.69) is 15.9 Å². The highest BCUT2D eigenvalue weighted by Gasteiger charge is 2.16. The minimum absolute atomic E-state index is 0.0223. The van der Waals surface area contributed by atoms with Gasteiger partial charge in [-0.15, -0.1) is 0 Å². The fraction of sp³-hybridized carbons (Fsp3) is 0.176. The molecular weight excluding hydrogens is 316 g/mol. The van der Waals surface area contributed by atoms with Crippen molar-refractivity contribution in [2.24, 2.45) is 0 Å². The van der Waals surface area contributed by atoms with Crippen molar-refractivity contribution in [3.8, 4) is 0 Å². The van der Waals surface area contributed by atoms with E-state index in [1.807, 2.05) is 37.3 Å². The monoisotopic (exact) mass is 330 g/mol. The Kier molecular flexibility index (Phi) is 4.85. The molecule has 2 aromatic carbocycles. The number of carbonyl (C=O) groups excluding carboxylic acids is 2. The molecule has 20 heavy (non-hydrogen) atoms. The van der Waals surface area contributed by atoms with Gasteiger partial charge in [0.25, 0.3) is 0 Å². The number of hydrogen-bond donors (Lipinski definition) is 0. The predicted octanol–water partition coefficient (Wildman–Crippen LogP) is 3.99. The molecule has 2 rings (SSSR count). The lowest BCUT2D eigenvalue weighted by Crippen LogP contribution is -2.11. The molecule has 2 nitrogen and oxygen atoms in total. The van der Waals surface area contributed by atoms with Crippen molar-refractivity contribution in [3.05, 3.63) is 71.3 Å². The lowest BCUT2D eigenvalue weighted by atomic mass is 9.94. The maximum Gasteiger partial charge on any atom is 0.193 e. The lowest BCUT2D eigenvalue weighted by Gasteiger charge is -2.10. The first-order valence-electron chi connectivity index (χ1n) is 6.42. The fourth-order valence-corrected chi connectivity index (χ4v) is 2.49. The normalized spacial score (nSPS) is 11.9. The second kappa shape index (κ2) is 6.62. The fourth-order valence-electron chi connectivity index (χ4n) is 2.01. The number of hydrogen-bond acceptors (Lipinski definition) is 2. The van der Waals surface area contributed by atoms with E-state index in [4.69, 9.17) is 0 Å². The molecule has 0 heterocycles. The van der Waals surface area contributed by atoms with Crippen LogP contribution in [0.5, 0.6) is 0 Å². The summed E-state index contributed by atoms with van der Waals surface area (Å²) < 4.78 is 0. The molecule has 0 radical (unpaired) electrons. The standard InChI is InChI=1S/C17H15BrO2/c1-12(16(19)11-18)14-8-5-9-15(10-14)17(20)13-6-3-2-4-7-13/h2-10,12H,11H2,1H3. The van der Waals surface area contributed by atoms with E-state index in [1.165, 1.54) is 0 Å². The van der Waals surface area contributed by atoms with Crippen LogP contribution in [-0.4, -0.2) is 16.9 Å². The summed E-state index contributed by atoms with van der Waals surface area (Å²) in [5.41, 5.74) is 2.14. The Bertz CT molecular complexity index is 620. The van der Waals surface area contributed by atoms with Gasteiger partial charge in [-0.2, -0.15) is 0 Å². The van der Waals surface area contributed by atoms with Crippen molar-refractivity contribution in [2.75, 3.05) is 5.33 Å². The molecule has 0 saturated heterocycles. The van der Waals surface area contributed by atoms with Gasteiger partial charge in [0.15, 0.2) is 11.6 Å². The molecule has 0 aliphatic heterocycles. The SMILES string of the molecule is CC(C(=O)CBr)c1cccc(C(=O)c2ccccc2)c1. The zero-order valence-corrected chi connectivity index (χ0v) is 12.8. The van der Waals surface area contributed by atoms with Crippen LogP contribution in [0.2, 0.25) is 0 Å². The third-order valence-electron chi connectivity index (χ3n) is 3.30. The Morgan fingerprint density at radius 3 is 2.30 bits per heavy atom. The third-order valence-corrected chi connectivity index (χ3v) is 3.85. The van der Waals surface area contributed by atoms with Gasteiger partial charge in [0.1, 0.15) is 0 Å². The highest BCUT2D eigenvalue weighted by molar-refractivity contribution is 9.09. The van der Waals surface area contributed by atoms with Crippen molar-refractivity contribution >= 4 is 27.5 Å². The Morgan fingerprint density at radius 1 is 1.00 bits per heavy atom. The average Bonchev–Trinajstić information content (AvgIpc) is 2.53. The summed E-state index contributed by atoms with van der Waals surface area (Å²) >= 11 is 3.18. The summed E-state index contributed by atoms with van der Waals surface area (Å²) in [4.78, 5) is 24.1. The molecule has 102 valence electrons. The van der Waals surface area contributed by atoms with Gasteiger partial charge in [0, 0.05) is 17.0 Å². The molecular formula is C17H15BrO2. The van der Waals surface area contributed by atoms with Gasteiger partial charge >= 0.3 is 0 Å². The van der Waals surface area contributed by atoms with Crippen LogP contribution < -0.4 is 0 Å². The molecule has 0 aliphatic carbocycles. The van der Waals surface area contributed by atoms with Crippen LogP contribution in [-0.2, 0) is 4.79 Å². The van der Waals surface area contributed by atoms with E-state index in [9.17, 15) is 9.59 Å². The molecule has 0 amide bonds. The predicted molar refractivity (Wildman–Crippen MR) is 83.5 cm³/mol. The molecule has 2 aromatic rings. The molecule has 0 spiro atoms. The molecule has 0 saturated carbocycles. The van der Waals surface area contributed by atoms with Gasteiger partial charge in [-0.1, -0.05) is 71.4 Å². The van der Waals surface area contributed by atoms with Crippen molar-refractivity contribution in [3.63, 3.8) is 0 Å². The summed E-state index contributed by atoms with van der Waals surface area (Å²) in [5, 5.41) is 0.324. The van der Waals surface area contributed by atoms with Crippen LogP contribution in [0.15, 0.2) is 54.6 Å². The van der Waals surface area contributed by atoms with E-state index in [-0.39, 0.29) is 17.5 Å². The highest BCUT2D eigenvalue weighted by Crippen LogP contribution is 2.20. The number of carbonyl (C=O) groups is 2. The van der Waals surface area contributed by atoms with Gasteiger partial charge in [0.2, 0.25) is 0 Å². The maximum atomic E-state index is 12.4. The zero-order valence-electron chi connectivity index (χ0n) is 11.2. The Labute approximate surface area is 127 Å². The second-order valence-corrected chi connectivity index (χ2v) is 5.20. The molecule has 1 atom stereocenters. The summed E-state index contributed by atoms with van der Waals surface area (Å²) in [5.74, 6) is -0.127. The van der Waals surface area contributed by atoms with E-state index in [1.54, 1.807) is 24.3 Å². The quantitative estimate of drug-likeness (QED) is 0.613. The summed E-state index contributed by atoms with van der Waals surface area (Å²) in [6.07, 6.45) is 0. The number of ketones is 2. The maximum absolute atomic E-state index is 12.4. The molecule has 0 aliphatic rings. The Morgan fingerprint density at radius 2 is 1.65 bits per heavy atom. The Balaban J connectivity index is 2.31. The number of Topliss-reactive ketones (excluding diaryl/α,β-unsaturated/α-hetero) is 1. The molecule has 0 N–H and O–H groups in total. The smallest absolute Gasteiger partial charge is 0.193 e. The van der Waals surface area contributed by atoms with E-state index < -0.39 is 0 Å².